The van der Waals surface area contributed by atoms with Crippen molar-refractivity contribution in [3.05, 3.63) is 12.0 Å². The van der Waals surface area contributed by atoms with Crippen LogP contribution in [-0.4, -0.2) is 15.1 Å². The fraction of sp³-hybridized carbons (Fsp3) is 0.667. The van der Waals surface area contributed by atoms with Gasteiger partial charge in [0.15, 0.2) is 0 Å². The summed E-state index contributed by atoms with van der Waals surface area (Å²) in [4.78, 5) is 4.26. The predicted octanol–water partition coefficient (Wildman–Crippen LogP) is 0.519. The highest BCUT2D eigenvalue weighted by molar-refractivity contribution is 5.26. The van der Waals surface area contributed by atoms with Gasteiger partial charge in [0, 0.05) is 24.7 Å². The van der Waals surface area contributed by atoms with E-state index in [-0.39, 0.29) is 5.54 Å². The minimum atomic E-state index is -0.0462. The number of hydrogen-bond acceptors (Lipinski definition) is 3. The molecule has 0 spiro atoms. The average Bonchev–Trinajstić information content (AvgIpc) is 2.34. The highest BCUT2D eigenvalue weighted by Gasteiger charge is 2.23. The lowest BCUT2D eigenvalue weighted by molar-refractivity contribution is 0.399. The maximum atomic E-state index is 6.08. The molecule has 2 heterocycles. The Hall–Kier alpha value is -1.03. The van der Waals surface area contributed by atoms with Crippen molar-refractivity contribution in [2.24, 2.45) is 5.73 Å². The van der Waals surface area contributed by atoms with Crippen LogP contribution in [0.15, 0.2) is 6.20 Å². The van der Waals surface area contributed by atoms with Gasteiger partial charge < -0.3 is 16.0 Å². The molecule has 1 aromatic heterocycles. The molecule has 0 saturated carbocycles. The second-order valence-electron chi connectivity index (χ2n) is 4.18. The van der Waals surface area contributed by atoms with E-state index in [1.807, 2.05) is 6.20 Å². The molecule has 1 aliphatic rings. The van der Waals surface area contributed by atoms with E-state index in [9.17, 15) is 0 Å². The summed E-state index contributed by atoms with van der Waals surface area (Å²) in [7, 11) is 0. The van der Waals surface area contributed by atoms with Crippen LogP contribution in [0.25, 0.3) is 0 Å². The van der Waals surface area contributed by atoms with Crippen LogP contribution in [0, 0.1) is 0 Å². The minimum Gasteiger partial charge on any atom is -0.382 e. The average molecular weight is 180 g/mol. The van der Waals surface area contributed by atoms with Gasteiger partial charge in [-0.2, -0.15) is 0 Å². The molecule has 0 aliphatic carbocycles. The van der Waals surface area contributed by atoms with Gasteiger partial charge in [0.25, 0.3) is 0 Å². The van der Waals surface area contributed by atoms with Gasteiger partial charge in [-0.3, -0.25) is 0 Å². The molecular weight excluding hydrogens is 164 g/mol. The lowest BCUT2D eigenvalue weighted by atomic mass is 9.94. The predicted molar refractivity (Wildman–Crippen MR) is 52.2 cm³/mol. The molecule has 0 fully saturated rings. The van der Waals surface area contributed by atoms with E-state index >= 15 is 0 Å². The summed E-state index contributed by atoms with van der Waals surface area (Å²) < 4.78 is 2.12. The Kier molecular flexibility index (Phi) is 1.80. The van der Waals surface area contributed by atoms with E-state index in [1.165, 1.54) is 0 Å². The van der Waals surface area contributed by atoms with Crippen LogP contribution in [0.3, 0.4) is 0 Å². The van der Waals surface area contributed by atoms with Gasteiger partial charge in [0.05, 0.1) is 0 Å². The number of aromatic nitrogens is 2. The molecule has 0 radical (unpaired) electrons. The summed E-state index contributed by atoms with van der Waals surface area (Å²) >= 11 is 0. The molecular formula is C9H16N4. The lowest BCUT2D eigenvalue weighted by Gasteiger charge is -2.21. The van der Waals surface area contributed by atoms with Gasteiger partial charge in [0.2, 0.25) is 0 Å². The normalized spacial score (nSPS) is 28.2. The maximum Gasteiger partial charge on any atom is 0.141 e. The van der Waals surface area contributed by atoms with Gasteiger partial charge in [-0.1, -0.05) is 0 Å². The Balaban J connectivity index is 2.24. The molecule has 0 bridgehead atoms. The van der Waals surface area contributed by atoms with Gasteiger partial charge in [-0.15, -0.1) is 0 Å². The molecule has 1 aromatic rings. The van der Waals surface area contributed by atoms with Crippen LogP contribution in [0.1, 0.15) is 25.6 Å². The summed E-state index contributed by atoms with van der Waals surface area (Å²) in [5.74, 6) is 1.70. The van der Waals surface area contributed by atoms with E-state index in [2.05, 4.69) is 16.5 Å². The third kappa shape index (κ3) is 1.67. The first kappa shape index (κ1) is 8.56. The van der Waals surface area contributed by atoms with Crippen molar-refractivity contribution in [1.82, 2.24) is 9.55 Å². The zero-order valence-corrected chi connectivity index (χ0v) is 7.95. The molecule has 0 aromatic carbocycles. The molecule has 0 amide bonds. The van der Waals surface area contributed by atoms with Gasteiger partial charge in [0.1, 0.15) is 11.6 Å². The number of aryl methyl sites for hydroxylation is 2. The first-order valence-electron chi connectivity index (χ1n) is 4.67. The number of anilines is 1. The van der Waals surface area contributed by atoms with Crippen molar-refractivity contribution in [3.63, 3.8) is 0 Å². The monoisotopic (exact) mass is 180 g/mol. The maximum absolute atomic E-state index is 6.08. The third-order valence-corrected chi connectivity index (χ3v) is 2.72. The first-order chi connectivity index (χ1) is 6.07. The summed E-state index contributed by atoms with van der Waals surface area (Å²) in [5.41, 5.74) is 11.6. The Morgan fingerprint density at radius 1 is 1.54 bits per heavy atom. The van der Waals surface area contributed by atoms with Crippen LogP contribution in [0.4, 0.5) is 5.82 Å². The number of nitrogens with zero attached hydrogens (tertiary/aromatic N) is 2. The van der Waals surface area contributed by atoms with Crippen molar-refractivity contribution in [1.29, 1.82) is 0 Å². The van der Waals surface area contributed by atoms with Crippen LogP contribution >= 0.6 is 0 Å². The largest absolute Gasteiger partial charge is 0.382 e. The zero-order valence-electron chi connectivity index (χ0n) is 7.95. The van der Waals surface area contributed by atoms with Gasteiger partial charge >= 0.3 is 0 Å². The lowest BCUT2D eigenvalue weighted by Crippen LogP contribution is -2.36. The smallest absolute Gasteiger partial charge is 0.141 e. The molecule has 4 N–H and O–H groups in total. The van der Waals surface area contributed by atoms with Crippen LogP contribution in [0.2, 0.25) is 0 Å². The Morgan fingerprint density at radius 2 is 2.31 bits per heavy atom. The molecule has 72 valence electrons. The Morgan fingerprint density at radius 3 is 3.08 bits per heavy atom. The Labute approximate surface area is 77.9 Å². The molecule has 1 unspecified atom stereocenters. The quantitative estimate of drug-likeness (QED) is 0.611. The summed E-state index contributed by atoms with van der Waals surface area (Å²) in [6.45, 7) is 3.04. The van der Waals surface area contributed by atoms with Gasteiger partial charge in [-0.05, 0) is 19.8 Å². The van der Waals surface area contributed by atoms with Crippen molar-refractivity contribution in [3.8, 4) is 0 Å². The van der Waals surface area contributed by atoms with Crippen molar-refractivity contribution >= 4 is 5.82 Å². The van der Waals surface area contributed by atoms with E-state index in [0.29, 0.717) is 5.82 Å². The molecule has 1 aliphatic heterocycles. The van der Waals surface area contributed by atoms with Gasteiger partial charge in [-0.25, -0.2) is 4.98 Å². The first-order valence-corrected chi connectivity index (χ1v) is 4.67. The standard InChI is InChI=1S/C9H16N4/c1-9(11)3-2-8-12-7(10)6-13(8)5-4-9/h6H,2-5,10-11H2,1H3. The number of rotatable bonds is 0. The number of nitrogen functional groups attached to an aromatic ring is 1. The highest BCUT2D eigenvalue weighted by atomic mass is 15.1. The second kappa shape index (κ2) is 2.73. The summed E-state index contributed by atoms with van der Waals surface area (Å²) in [5, 5.41) is 0. The van der Waals surface area contributed by atoms with Crippen LogP contribution in [-0.2, 0) is 13.0 Å². The van der Waals surface area contributed by atoms with Crippen molar-refractivity contribution in [2.45, 2.75) is 38.3 Å². The number of nitrogens with two attached hydrogens (primary N) is 2. The van der Waals surface area contributed by atoms with E-state index in [1.54, 1.807) is 0 Å². The zero-order chi connectivity index (χ0) is 9.47. The molecule has 0 saturated heterocycles. The highest BCUT2D eigenvalue weighted by Crippen LogP contribution is 2.21. The van der Waals surface area contributed by atoms with Crippen molar-refractivity contribution < 1.29 is 0 Å². The SMILES string of the molecule is CC1(N)CCc2nc(N)cn2CC1. The summed E-state index contributed by atoms with van der Waals surface area (Å²) in [6.07, 6.45) is 4.82. The molecule has 4 heteroatoms. The number of imidazole rings is 1. The number of hydrogen-bond donors (Lipinski definition) is 2. The molecule has 4 nitrogen and oxygen atoms in total. The van der Waals surface area contributed by atoms with Crippen molar-refractivity contribution in [2.75, 3.05) is 5.73 Å². The molecule has 1 atom stereocenters. The molecule has 13 heavy (non-hydrogen) atoms. The fourth-order valence-corrected chi connectivity index (χ4v) is 1.77. The van der Waals surface area contributed by atoms with E-state index in [0.717, 1.165) is 31.6 Å². The molecule has 2 rings (SSSR count). The Bertz CT molecular complexity index is 286. The minimum absolute atomic E-state index is 0.0462. The van der Waals surface area contributed by atoms with E-state index < -0.39 is 0 Å². The van der Waals surface area contributed by atoms with E-state index in [4.69, 9.17) is 11.5 Å². The second-order valence-corrected chi connectivity index (χ2v) is 4.18. The van der Waals surface area contributed by atoms with Crippen LogP contribution < -0.4 is 11.5 Å². The topological polar surface area (TPSA) is 69.9 Å². The summed E-state index contributed by atoms with van der Waals surface area (Å²) in [6, 6.07) is 0. The fourth-order valence-electron chi connectivity index (χ4n) is 1.77. The third-order valence-electron chi connectivity index (χ3n) is 2.72. The number of fused-ring (bicyclic) bond motifs is 1. The van der Waals surface area contributed by atoms with Crippen LogP contribution in [0.5, 0.6) is 0 Å².